The highest BCUT2D eigenvalue weighted by molar-refractivity contribution is 5.84. The fourth-order valence-electron chi connectivity index (χ4n) is 6.95. The van der Waals surface area contributed by atoms with Gasteiger partial charge in [0.15, 0.2) is 0 Å². The zero-order valence-electron chi connectivity index (χ0n) is 21.4. The van der Waals surface area contributed by atoms with Crippen LogP contribution in [0.1, 0.15) is 115 Å². The summed E-state index contributed by atoms with van der Waals surface area (Å²) >= 11 is 0. The normalized spacial score (nSPS) is 26.0. The number of hydrogen-bond acceptors (Lipinski definition) is 0. The van der Waals surface area contributed by atoms with Crippen molar-refractivity contribution in [1.82, 2.24) is 0 Å². The van der Waals surface area contributed by atoms with Gasteiger partial charge in [-0.3, -0.25) is 0 Å². The molecule has 0 aromatic heterocycles. The van der Waals surface area contributed by atoms with Crippen molar-refractivity contribution in [3.05, 3.63) is 47.3 Å². The van der Waals surface area contributed by atoms with Gasteiger partial charge in [0.1, 0.15) is 5.82 Å². The Hall–Kier alpha value is -1.37. The zero-order chi connectivity index (χ0) is 23.0. The third-order valence-corrected chi connectivity index (χ3v) is 9.12. The Morgan fingerprint density at radius 1 is 0.697 bits per heavy atom. The molecular formula is C32H47F. The van der Waals surface area contributed by atoms with Crippen LogP contribution in [0.5, 0.6) is 0 Å². The van der Waals surface area contributed by atoms with Gasteiger partial charge in [-0.05, 0) is 85.1 Å². The fraction of sp³-hybridized carbons (Fsp3) is 0.688. The molecule has 0 heterocycles. The molecule has 2 aliphatic carbocycles. The summed E-state index contributed by atoms with van der Waals surface area (Å²) in [6.45, 7) is 4.43. The van der Waals surface area contributed by atoms with Crippen molar-refractivity contribution in [2.75, 3.05) is 0 Å². The van der Waals surface area contributed by atoms with Gasteiger partial charge in [-0.1, -0.05) is 102 Å². The van der Waals surface area contributed by atoms with E-state index in [0.717, 1.165) is 59.3 Å². The fourth-order valence-corrected chi connectivity index (χ4v) is 6.95. The van der Waals surface area contributed by atoms with E-state index in [2.05, 4.69) is 32.0 Å². The number of hydrogen-bond donors (Lipinski definition) is 0. The molecule has 0 spiro atoms. The van der Waals surface area contributed by atoms with Gasteiger partial charge in [0.05, 0.1) is 0 Å². The van der Waals surface area contributed by atoms with Crippen molar-refractivity contribution in [3.8, 4) is 0 Å². The van der Waals surface area contributed by atoms with Crippen molar-refractivity contribution >= 4 is 10.8 Å². The van der Waals surface area contributed by atoms with E-state index in [-0.39, 0.29) is 5.82 Å². The maximum absolute atomic E-state index is 14.7. The summed E-state index contributed by atoms with van der Waals surface area (Å²) in [5.41, 5.74) is 2.24. The SMILES string of the molecule is CCCCCC1CCC(C2CCC(CCc3ccc4c(F)c(CCC)ccc4c3)CC2)CC1. The van der Waals surface area contributed by atoms with Gasteiger partial charge >= 0.3 is 0 Å². The maximum Gasteiger partial charge on any atom is 0.134 e. The number of fused-ring (bicyclic) bond motifs is 1. The predicted octanol–water partition coefficient (Wildman–Crippen LogP) is 10.1. The summed E-state index contributed by atoms with van der Waals surface area (Å²) < 4.78 is 14.7. The minimum atomic E-state index is -0.00536. The Morgan fingerprint density at radius 2 is 1.36 bits per heavy atom. The van der Waals surface area contributed by atoms with Crippen LogP contribution < -0.4 is 0 Å². The van der Waals surface area contributed by atoms with Crippen LogP contribution in [0.2, 0.25) is 0 Å². The van der Waals surface area contributed by atoms with Crippen LogP contribution in [-0.4, -0.2) is 0 Å². The molecule has 0 atom stereocenters. The lowest BCUT2D eigenvalue weighted by atomic mass is 9.68. The molecule has 0 saturated heterocycles. The first kappa shape index (κ1) is 24.7. The molecule has 0 radical (unpaired) electrons. The Bertz CT molecular complexity index is 852. The van der Waals surface area contributed by atoms with Crippen LogP contribution in [0.15, 0.2) is 30.3 Å². The first-order valence-corrected chi connectivity index (χ1v) is 14.4. The lowest BCUT2D eigenvalue weighted by molar-refractivity contribution is 0.140. The Labute approximate surface area is 202 Å². The van der Waals surface area contributed by atoms with Crippen molar-refractivity contribution < 1.29 is 4.39 Å². The van der Waals surface area contributed by atoms with E-state index >= 15 is 0 Å². The number of benzene rings is 2. The maximum atomic E-state index is 14.7. The highest BCUT2D eigenvalue weighted by Gasteiger charge is 2.30. The predicted molar refractivity (Wildman–Crippen MR) is 141 cm³/mol. The second kappa shape index (κ2) is 12.4. The van der Waals surface area contributed by atoms with E-state index in [1.807, 2.05) is 12.1 Å². The molecule has 0 amide bonds. The van der Waals surface area contributed by atoms with Gasteiger partial charge in [0.25, 0.3) is 0 Å². The molecule has 2 saturated carbocycles. The van der Waals surface area contributed by atoms with Crippen LogP contribution in [0, 0.1) is 29.5 Å². The van der Waals surface area contributed by atoms with Gasteiger partial charge in [-0.15, -0.1) is 0 Å². The van der Waals surface area contributed by atoms with Gasteiger partial charge in [-0.25, -0.2) is 4.39 Å². The van der Waals surface area contributed by atoms with Crippen LogP contribution in [-0.2, 0) is 12.8 Å². The van der Waals surface area contributed by atoms with Crippen LogP contribution in [0.4, 0.5) is 4.39 Å². The minimum Gasteiger partial charge on any atom is -0.206 e. The van der Waals surface area contributed by atoms with Gasteiger partial charge < -0.3 is 0 Å². The molecule has 0 unspecified atom stereocenters. The lowest BCUT2D eigenvalue weighted by Crippen LogP contribution is -2.26. The van der Waals surface area contributed by atoms with Gasteiger partial charge in [0, 0.05) is 5.39 Å². The van der Waals surface area contributed by atoms with E-state index in [4.69, 9.17) is 0 Å². The highest BCUT2D eigenvalue weighted by Crippen LogP contribution is 2.43. The Morgan fingerprint density at radius 3 is 2.00 bits per heavy atom. The summed E-state index contributed by atoms with van der Waals surface area (Å²) in [6, 6.07) is 10.5. The summed E-state index contributed by atoms with van der Waals surface area (Å²) in [5.74, 6) is 3.97. The molecular weight excluding hydrogens is 403 g/mol. The first-order valence-electron chi connectivity index (χ1n) is 14.4. The molecule has 2 aromatic carbocycles. The summed E-state index contributed by atoms with van der Waals surface area (Å²) in [7, 11) is 0. The van der Waals surface area contributed by atoms with E-state index in [0.29, 0.717) is 0 Å². The third kappa shape index (κ3) is 6.61. The summed E-state index contributed by atoms with van der Waals surface area (Å²) in [5, 5.41) is 1.86. The monoisotopic (exact) mass is 450 g/mol. The largest absolute Gasteiger partial charge is 0.206 e. The molecule has 1 heteroatoms. The van der Waals surface area contributed by atoms with Crippen LogP contribution in [0.25, 0.3) is 10.8 Å². The quantitative estimate of drug-likeness (QED) is 0.316. The van der Waals surface area contributed by atoms with E-state index < -0.39 is 0 Å². The molecule has 0 N–H and O–H groups in total. The minimum absolute atomic E-state index is 0.00536. The van der Waals surface area contributed by atoms with Crippen LogP contribution >= 0.6 is 0 Å². The molecule has 2 aliphatic rings. The van der Waals surface area contributed by atoms with Crippen molar-refractivity contribution in [3.63, 3.8) is 0 Å². The molecule has 0 nitrogen and oxygen atoms in total. The first-order chi connectivity index (χ1) is 16.2. The summed E-state index contributed by atoms with van der Waals surface area (Å²) in [4.78, 5) is 0. The Kier molecular flexibility index (Phi) is 9.27. The molecule has 2 fully saturated rings. The van der Waals surface area contributed by atoms with Gasteiger partial charge in [-0.2, -0.15) is 0 Å². The Balaban J connectivity index is 1.21. The molecule has 0 aliphatic heterocycles. The third-order valence-electron chi connectivity index (χ3n) is 9.12. The van der Waals surface area contributed by atoms with Gasteiger partial charge in [0.2, 0.25) is 0 Å². The highest BCUT2D eigenvalue weighted by atomic mass is 19.1. The number of rotatable bonds is 10. The molecule has 0 bridgehead atoms. The smallest absolute Gasteiger partial charge is 0.134 e. The lowest BCUT2D eigenvalue weighted by Gasteiger charge is -2.38. The zero-order valence-corrected chi connectivity index (χ0v) is 21.4. The topological polar surface area (TPSA) is 0 Å². The van der Waals surface area contributed by atoms with Crippen LogP contribution in [0.3, 0.4) is 0 Å². The number of halogens is 1. The van der Waals surface area contributed by atoms with Crippen molar-refractivity contribution in [1.29, 1.82) is 0 Å². The van der Waals surface area contributed by atoms with E-state index in [1.54, 1.807) is 0 Å². The van der Waals surface area contributed by atoms with E-state index in [1.165, 1.54) is 89.0 Å². The molecule has 2 aromatic rings. The van der Waals surface area contributed by atoms with E-state index in [9.17, 15) is 4.39 Å². The van der Waals surface area contributed by atoms with Crippen molar-refractivity contribution in [2.45, 2.75) is 117 Å². The average Bonchev–Trinajstić information content (AvgIpc) is 2.85. The second-order valence-electron chi connectivity index (χ2n) is 11.4. The molecule has 4 rings (SSSR count). The molecule has 33 heavy (non-hydrogen) atoms. The second-order valence-corrected chi connectivity index (χ2v) is 11.4. The number of aryl methyl sites for hydroxylation is 2. The standard InChI is InChI=1S/C32H47F/c1-3-5-6-8-24-11-16-27(17-12-24)28-18-13-25(14-19-28)9-10-26-15-22-31-30(23-26)21-20-29(7-4-2)32(31)33/h15,20-25,27-28H,3-14,16-19H2,1-2H3. The van der Waals surface area contributed by atoms with Crippen molar-refractivity contribution in [2.24, 2.45) is 23.7 Å². The average molecular weight is 451 g/mol. The summed E-state index contributed by atoms with van der Waals surface area (Å²) in [6.07, 6.45) is 21.9. The number of unbranched alkanes of at least 4 members (excludes halogenated alkanes) is 2. The molecule has 182 valence electrons.